The Balaban J connectivity index is 0.000000187. The van der Waals surface area contributed by atoms with E-state index in [0.29, 0.717) is 0 Å². The quantitative estimate of drug-likeness (QED) is 0.430. The zero-order chi connectivity index (χ0) is 8.69. The van der Waals surface area contributed by atoms with E-state index < -0.39 is 6.16 Å². The third kappa shape index (κ3) is 7.12. The number of methoxy groups -OCH3 is 1. The molecule has 0 atom stereocenters. The van der Waals surface area contributed by atoms with Gasteiger partial charge in [-0.2, -0.15) is 0 Å². The summed E-state index contributed by atoms with van der Waals surface area (Å²) in [6.07, 6.45) is 1.41. The molecule has 0 amide bonds. The molecule has 0 spiro atoms. The van der Waals surface area contributed by atoms with Crippen molar-refractivity contribution in [1.82, 2.24) is 0 Å². The number of likely N-dealkylation sites (tertiary alicyclic amines) is 1. The highest BCUT2D eigenvalue weighted by Gasteiger charge is 2.07. The Morgan fingerprint density at radius 3 is 1.91 bits per heavy atom. The Labute approximate surface area is 66.8 Å². The second-order valence-electron chi connectivity index (χ2n) is 2.62. The number of carboxylic acid groups (broad SMARTS) is 1. The molecule has 0 aromatic carbocycles. The summed E-state index contributed by atoms with van der Waals surface area (Å²) in [5.41, 5.74) is 0. The third-order valence-corrected chi connectivity index (χ3v) is 1.62. The number of carbonyl (C=O) groups excluding carboxylic acids is 1. The normalized spacial score (nSPS) is 16.9. The van der Waals surface area contributed by atoms with Crippen molar-refractivity contribution in [2.24, 2.45) is 0 Å². The molecule has 0 aliphatic carbocycles. The van der Waals surface area contributed by atoms with E-state index in [2.05, 4.69) is 11.8 Å². The number of rotatable bonds is 0. The van der Waals surface area contributed by atoms with E-state index >= 15 is 0 Å². The number of hydrogen-bond donors (Lipinski definition) is 1. The van der Waals surface area contributed by atoms with Gasteiger partial charge in [0.1, 0.15) is 0 Å². The van der Waals surface area contributed by atoms with Gasteiger partial charge < -0.3 is 19.5 Å². The van der Waals surface area contributed by atoms with Crippen molar-refractivity contribution in [3.8, 4) is 0 Å². The van der Waals surface area contributed by atoms with Crippen LogP contribution >= 0.6 is 0 Å². The van der Waals surface area contributed by atoms with Crippen LogP contribution in [0.25, 0.3) is 0 Å². The maximum absolute atomic E-state index is 9.03. The van der Waals surface area contributed by atoms with Gasteiger partial charge in [-0.25, -0.2) is 0 Å². The van der Waals surface area contributed by atoms with Gasteiger partial charge in [-0.3, -0.25) is 0 Å². The van der Waals surface area contributed by atoms with E-state index in [4.69, 9.17) is 9.90 Å². The molecule has 0 bridgehead atoms. The maximum Gasteiger partial charge on any atom is 0.251 e. The first-order valence-electron chi connectivity index (χ1n) is 3.73. The predicted molar refractivity (Wildman–Crippen MR) is 38.3 cm³/mol. The molecular formula is C7H15NO3. The molecule has 0 unspecified atom stereocenters. The molecule has 0 radical (unpaired) electrons. The fraction of sp³-hybridized carbons (Fsp3) is 0.857. The molecule has 0 aromatic heterocycles. The van der Waals surface area contributed by atoms with Crippen LogP contribution < -0.4 is 10.0 Å². The largest absolute Gasteiger partial charge is 0.553 e. The van der Waals surface area contributed by atoms with Crippen molar-refractivity contribution in [2.75, 3.05) is 27.2 Å². The van der Waals surface area contributed by atoms with Crippen molar-refractivity contribution in [3.05, 3.63) is 0 Å². The van der Waals surface area contributed by atoms with Gasteiger partial charge in [0.15, 0.2) is 0 Å². The minimum absolute atomic E-state index is 1.04. The van der Waals surface area contributed by atoms with E-state index in [0.717, 1.165) is 7.11 Å². The lowest BCUT2D eigenvalue weighted by molar-refractivity contribution is -0.866. The van der Waals surface area contributed by atoms with E-state index in [1.54, 1.807) is 4.90 Å². The molecule has 1 rings (SSSR count). The van der Waals surface area contributed by atoms with Crippen molar-refractivity contribution < 1.29 is 19.5 Å². The molecule has 0 aromatic rings. The summed E-state index contributed by atoms with van der Waals surface area (Å²) in [5.74, 6) is 0. The second kappa shape index (κ2) is 5.97. The second-order valence-corrected chi connectivity index (χ2v) is 2.62. The van der Waals surface area contributed by atoms with Crippen molar-refractivity contribution >= 4 is 6.16 Å². The van der Waals surface area contributed by atoms with Gasteiger partial charge in [-0.1, -0.05) is 0 Å². The fourth-order valence-electron chi connectivity index (χ4n) is 0.979. The van der Waals surface area contributed by atoms with Gasteiger partial charge in [-0.15, -0.1) is 0 Å². The van der Waals surface area contributed by atoms with E-state index in [9.17, 15) is 0 Å². The third-order valence-electron chi connectivity index (χ3n) is 1.62. The summed E-state index contributed by atoms with van der Waals surface area (Å²) in [4.78, 5) is 10.7. The molecule has 1 saturated heterocycles. The van der Waals surface area contributed by atoms with E-state index in [1.807, 2.05) is 0 Å². The average molecular weight is 161 g/mol. The van der Waals surface area contributed by atoms with Crippen LogP contribution in [0.2, 0.25) is 0 Å². The topological polar surface area (TPSA) is 53.8 Å². The smallest absolute Gasteiger partial charge is 0.251 e. The Bertz CT molecular complexity index is 110. The monoisotopic (exact) mass is 161 g/mol. The summed E-state index contributed by atoms with van der Waals surface area (Å²) in [7, 11) is 3.29. The van der Waals surface area contributed by atoms with Gasteiger partial charge in [0.25, 0.3) is 6.16 Å². The lowest BCUT2D eigenvalue weighted by Crippen LogP contribution is -3.06. The number of hydrogen-bond acceptors (Lipinski definition) is 3. The Kier molecular flexibility index (Phi) is 5.56. The first-order valence-corrected chi connectivity index (χ1v) is 3.73. The molecular weight excluding hydrogens is 146 g/mol. The van der Waals surface area contributed by atoms with E-state index in [-0.39, 0.29) is 0 Å². The van der Waals surface area contributed by atoms with Crippen molar-refractivity contribution in [2.45, 2.75) is 12.8 Å². The summed E-state index contributed by atoms with van der Waals surface area (Å²) < 4.78 is 3.56. The summed E-state index contributed by atoms with van der Waals surface area (Å²) >= 11 is 0. The Hall–Kier alpha value is -0.770. The highest BCUT2D eigenvalue weighted by atomic mass is 16.6. The summed E-state index contributed by atoms with van der Waals surface area (Å²) in [5, 5.41) is 9.03. The number of ether oxygens (including phenoxy) is 1. The van der Waals surface area contributed by atoms with Crippen molar-refractivity contribution in [3.63, 3.8) is 0 Å². The van der Waals surface area contributed by atoms with Crippen LogP contribution in [0.1, 0.15) is 12.8 Å². The van der Waals surface area contributed by atoms with Gasteiger partial charge >= 0.3 is 0 Å². The minimum atomic E-state index is -1.50. The van der Waals surface area contributed by atoms with Crippen LogP contribution in [0.5, 0.6) is 0 Å². The molecule has 66 valence electrons. The zero-order valence-corrected chi connectivity index (χ0v) is 7.05. The molecule has 1 fully saturated rings. The number of carbonyl (C=O) groups is 1. The fourth-order valence-corrected chi connectivity index (χ4v) is 0.979. The van der Waals surface area contributed by atoms with Crippen LogP contribution in [0.3, 0.4) is 0 Å². The van der Waals surface area contributed by atoms with Crippen LogP contribution in [-0.4, -0.2) is 33.4 Å². The highest BCUT2D eigenvalue weighted by molar-refractivity contribution is 5.53. The average Bonchev–Trinajstić information content (AvgIpc) is 2.41. The lowest BCUT2D eigenvalue weighted by atomic mass is 10.4. The standard InChI is InChI=1S/C5H11N.C2H4O3/c1-6-4-2-3-5-6;1-5-2(3)4/h2-5H2,1H3;1H3,(H,3,4). The van der Waals surface area contributed by atoms with Gasteiger partial charge in [0.2, 0.25) is 0 Å². The van der Waals surface area contributed by atoms with Crippen LogP contribution in [-0.2, 0) is 4.74 Å². The Morgan fingerprint density at radius 2 is 1.82 bits per heavy atom. The summed E-state index contributed by atoms with van der Waals surface area (Å²) in [6, 6.07) is 0. The van der Waals surface area contributed by atoms with E-state index in [1.165, 1.54) is 25.9 Å². The molecule has 0 saturated carbocycles. The van der Waals surface area contributed by atoms with Crippen LogP contribution in [0, 0.1) is 0 Å². The number of quaternary nitrogens is 1. The van der Waals surface area contributed by atoms with Gasteiger partial charge in [-0.05, 0) is 0 Å². The first-order chi connectivity index (χ1) is 5.16. The molecule has 11 heavy (non-hydrogen) atoms. The molecule has 1 N–H and O–H groups in total. The van der Waals surface area contributed by atoms with Gasteiger partial charge in [0, 0.05) is 20.0 Å². The maximum atomic E-state index is 9.03. The zero-order valence-electron chi connectivity index (χ0n) is 7.05. The van der Waals surface area contributed by atoms with Crippen LogP contribution in [0.4, 0.5) is 4.79 Å². The predicted octanol–water partition coefficient (Wildman–Crippen LogP) is -1.73. The molecule has 4 heteroatoms. The Morgan fingerprint density at radius 1 is 1.45 bits per heavy atom. The highest BCUT2D eigenvalue weighted by Crippen LogP contribution is 1.84. The molecule has 1 aliphatic heterocycles. The lowest BCUT2D eigenvalue weighted by Gasteiger charge is -1.98. The van der Waals surface area contributed by atoms with Crippen LogP contribution in [0.15, 0.2) is 0 Å². The molecule has 1 aliphatic rings. The van der Waals surface area contributed by atoms with Crippen molar-refractivity contribution in [1.29, 1.82) is 0 Å². The molecule has 4 nitrogen and oxygen atoms in total. The van der Waals surface area contributed by atoms with Gasteiger partial charge in [0.05, 0.1) is 20.1 Å². The molecule has 1 heterocycles. The SMILES string of the molecule is COC(=O)[O-].C[NH+]1CCCC1. The minimum Gasteiger partial charge on any atom is -0.553 e. The number of nitrogens with one attached hydrogen (secondary N) is 1. The first kappa shape index (κ1) is 10.2. The summed E-state index contributed by atoms with van der Waals surface area (Å²) in [6.45, 7) is 2.81.